The molecule has 0 radical (unpaired) electrons. The molecule has 0 saturated carbocycles. The fraction of sp³-hybridized carbons (Fsp3) is 0.174. The minimum absolute atomic E-state index is 0.0217. The summed E-state index contributed by atoms with van der Waals surface area (Å²) in [4.78, 5) is 12.7. The first-order valence-electron chi connectivity index (χ1n) is 10.2. The Hall–Kier alpha value is -3.21. The maximum Gasteiger partial charge on any atom is 0.255 e. The van der Waals surface area contributed by atoms with E-state index < -0.39 is 26.0 Å². The van der Waals surface area contributed by atoms with Gasteiger partial charge in [-0.2, -0.15) is 0 Å². The highest BCUT2D eigenvalue weighted by Crippen LogP contribution is 2.22. The highest BCUT2D eigenvalue weighted by atomic mass is 32.2. The molecule has 3 N–H and O–H groups in total. The molecule has 0 aliphatic rings. The summed E-state index contributed by atoms with van der Waals surface area (Å²) in [5.74, 6) is -0.541. The van der Waals surface area contributed by atoms with Crippen molar-refractivity contribution in [3.05, 3.63) is 89.5 Å². The Balaban J connectivity index is 1.72. The molecule has 0 saturated heterocycles. The summed E-state index contributed by atoms with van der Waals surface area (Å²) in [6.07, 6.45) is 0. The van der Waals surface area contributed by atoms with Gasteiger partial charge in [-0.25, -0.2) is 21.6 Å². The SMILES string of the molecule is CCS(=O)(=O)Nc1ccc(NC(=O)c2cccc(S(=O)(=O)NCc3ccccc3)c2)cc1C. The van der Waals surface area contributed by atoms with Gasteiger partial charge in [0.05, 0.1) is 16.3 Å². The van der Waals surface area contributed by atoms with Crippen molar-refractivity contribution in [3.8, 4) is 0 Å². The molecular formula is C23H25N3O5S2. The lowest BCUT2D eigenvalue weighted by molar-refractivity contribution is 0.102. The molecule has 0 fully saturated rings. The average Bonchev–Trinajstić information content (AvgIpc) is 2.80. The number of sulfonamides is 2. The quantitative estimate of drug-likeness (QED) is 0.427. The van der Waals surface area contributed by atoms with E-state index in [9.17, 15) is 21.6 Å². The molecule has 0 aliphatic heterocycles. The molecule has 0 atom stereocenters. The molecule has 10 heteroatoms. The third kappa shape index (κ3) is 6.64. The number of anilines is 2. The van der Waals surface area contributed by atoms with Crippen molar-refractivity contribution in [1.82, 2.24) is 4.72 Å². The van der Waals surface area contributed by atoms with Crippen LogP contribution in [0.4, 0.5) is 11.4 Å². The minimum atomic E-state index is -3.81. The van der Waals surface area contributed by atoms with E-state index in [2.05, 4.69) is 14.8 Å². The van der Waals surface area contributed by atoms with Crippen LogP contribution in [0.5, 0.6) is 0 Å². The van der Waals surface area contributed by atoms with E-state index in [0.717, 1.165) is 5.56 Å². The van der Waals surface area contributed by atoms with Gasteiger partial charge >= 0.3 is 0 Å². The van der Waals surface area contributed by atoms with E-state index in [0.29, 0.717) is 16.9 Å². The lowest BCUT2D eigenvalue weighted by Crippen LogP contribution is -2.23. The molecule has 33 heavy (non-hydrogen) atoms. The van der Waals surface area contributed by atoms with Crippen LogP contribution in [0.2, 0.25) is 0 Å². The molecule has 0 unspecified atom stereocenters. The molecular weight excluding hydrogens is 462 g/mol. The number of aryl methyl sites for hydroxylation is 1. The van der Waals surface area contributed by atoms with E-state index in [-0.39, 0.29) is 22.8 Å². The van der Waals surface area contributed by atoms with Gasteiger partial charge in [0.25, 0.3) is 5.91 Å². The average molecular weight is 488 g/mol. The van der Waals surface area contributed by atoms with Crippen molar-refractivity contribution < 1.29 is 21.6 Å². The Bertz CT molecular complexity index is 1360. The minimum Gasteiger partial charge on any atom is -0.322 e. The maximum atomic E-state index is 12.7. The van der Waals surface area contributed by atoms with Crippen LogP contribution in [0.25, 0.3) is 0 Å². The second-order valence-electron chi connectivity index (χ2n) is 7.33. The highest BCUT2D eigenvalue weighted by Gasteiger charge is 2.17. The summed E-state index contributed by atoms with van der Waals surface area (Å²) in [6, 6.07) is 19.6. The van der Waals surface area contributed by atoms with Gasteiger partial charge in [-0.1, -0.05) is 36.4 Å². The van der Waals surface area contributed by atoms with Gasteiger partial charge in [0.2, 0.25) is 20.0 Å². The first-order valence-corrected chi connectivity index (χ1v) is 13.3. The Kier molecular flexibility index (Phi) is 7.52. The van der Waals surface area contributed by atoms with E-state index >= 15 is 0 Å². The number of hydrogen-bond donors (Lipinski definition) is 3. The molecule has 1 amide bonds. The fourth-order valence-electron chi connectivity index (χ4n) is 2.96. The van der Waals surface area contributed by atoms with Crippen molar-refractivity contribution in [2.75, 3.05) is 15.8 Å². The molecule has 0 heterocycles. The highest BCUT2D eigenvalue weighted by molar-refractivity contribution is 7.92. The summed E-state index contributed by atoms with van der Waals surface area (Å²) < 4.78 is 53.9. The summed E-state index contributed by atoms with van der Waals surface area (Å²) >= 11 is 0. The molecule has 0 aromatic heterocycles. The van der Waals surface area contributed by atoms with Crippen molar-refractivity contribution in [3.63, 3.8) is 0 Å². The predicted molar refractivity (Wildman–Crippen MR) is 129 cm³/mol. The van der Waals surface area contributed by atoms with Crippen LogP contribution in [0.15, 0.2) is 77.7 Å². The third-order valence-corrected chi connectivity index (χ3v) is 7.54. The second-order valence-corrected chi connectivity index (χ2v) is 11.1. The van der Waals surface area contributed by atoms with Crippen LogP contribution in [0.3, 0.4) is 0 Å². The van der Waals surface area contributed by atoms with Gasteiger partial charge in [0, 0.05) is 17.8 Å². The largest absolute Gasteiger partial charge is 0.322 e. The Morgan fingerprint density at radius 2 is 1.61 bits per heavy atom. The lowest BCUT2D eigenvalue weighted by Gasteiger charge is -2.12. The van der Waals surface area contributed by atoms with Crippen molar-refractivity contribution >= 4 is 37.3 Å². The zero-order valence-corrected chi connectivity index (χ0v) is 19.8. The fourth-order valence-corrected chi connectivity index (χ4v) is 4.73. The van der Waals surface area contributed by atoms with Gasteiger partial charge in [-0.3, -0.25) is 9.52 Å². The van der Waals surface area contributed by atoms with Crippen LogP contribution in [-0.4, -0.2) is 28.5 Å². The maximum absolute atomic E-state index is 12.7. The van der Waals surface area contributed by atoms with Crippen molar-refractivity contribution in [1.29, 1.82) is 0 Å². The summed E-state index contributed by atoms with van der Waals surface area (Å²) in [5.41, 5.74) is 2.49. The molecule has 3 rings (SSSR count). The summed E-state index contributed by atoms with van der Waals surface area (Å²) in [6.45, 7) is 3.39. The van der Waals surface area contributed by atoms with Gasteiger partial charge in [0.1, 0.15) is 0 Å². The first kappa shape index (κ1) is 24.4. The lowest BCUT2D eigenvalue weighted by atomic mass is 10.1. The summed E-state index contributed by atoms with van der Waals surface area (Å²) in [5, 5.41) is 2.71. The van der Waals surface area contributed by atoms with Crippen molar-refractivity contribution in [2.24, 2.45) is 0 Å². The number of rotatable bonds is 9. The Morgan fingerprint density at radius 3 is 2.27 bits per heavy atom. The van der Waals surface area contributed by atoms with Crippen molar-refractivity contribution in [2.45, 2.75) is 25.3 Å². The van der Waals surface area contributed by atoms with Gasteiger partial charge in [-0.05, 0) is 61.4 Å². The molecule has 8 nitrogen and oxygen atoms in total. The van der Waals surface area contributed by atoms with E-state index in [4.69, 9.17) is 0 Å². The molecule has 3 aromatic rings. The van der Waals surface area contributed by atoms with Crippen LogP contribution < -0.4 is 14.8 Å². The standard InChI is InChI=1S/C23H25N3O5S2/c1-3-32(28,29)26-22-13-12-20(14-17(22)2)25-23(27)19-10-7-11-21(15-19)33(30,31)24-16-18-8-5-4-6-9-18/h4-15,24,26H,3,16H2,1-2H3,(H,25,27). The Labute approximate surface area is 194 Å². The molecule has 3 aromatic carbocycles. The monoisotopic (exact) mass is 487 g/mol. The molecule has 0 spiro atoms. The van der Waals surface area contributed by atoms with E-state index in [1.54, 1.807) is 25.1 Å². The number of carbonyl (C=O) groups excluding carboxylic acids is 1. The van der Waals surface area contributed by atoms with Crippen LogP contribution >= 0.6 is 0 Å². The van der Waals surface area contributed by atoms with Gasteiger partial charge in [0.15, 0.2) is 0 Å². The molecule has 174 valence electrons. The predicted octanol–water partition coefficient (Wildman–Crippen LogP) is 3.49. The zero-order valence-electron chi connectivity index (χ0n) is 18.2. The number of benzene rings is 3. The van der Waals surface area contributed by atoms with Gasteiger partial charge < -0.3 is 5.32 Å². The number of amides is 1. The van der Waals surface area contributed by atoms with Crippen LogP contribution in [0, 0.1) is 6.92 Å². The summed E-state index contributed by atoms with van der Waals surface area (Å²) in [7, 11) is -7.23. The normalized spacial score (nSPS) is 11.7. The smallest absolute Gasteiger partial charge is 0.255 e. The first-order chi connectivity index (χ1) is 15.6. The third-order valence-electron chi connectivity index (χ3n) is 4.85. The van der Waals surface area contributed by atoms with Crippen LogP contribution in [0.1, 0.15) is 28.4 Å². The van der Waals surface area contributed by atoms with E-state index in [1.807, 2.05) is 30.3 Å². The number of nitrogens with one attached hydrogen (secondary N) is 3. The number of hydrogen-bond acceptors (Lipinski definition) is 5. The topological polar surface area (TPSA) is 121 Å². The van der Waals surface area contributed by atoms with Gasteiger partial charge in [-0.15, -0.1) is 0 Å². The second kappa shape index (κ2) is 10.2. The molecule has 0 aliphatic carbocycles. The van der Waals surface area contributed by atoms with E-state index in [1.165, 1.54) is 31.2 Å². The zero-order chi connectivity index (χ0) is 24.1. The Morgan fingerprint density at radius 1 is 0.879 bits per heavy atom. The molecule has 0 bridgehead atoms. The van der Waals surface area contributed by atoms with Crippen LogP contribution in [-0.2, 0) is 26.6 Å². The number of carbonyl (C=O) groups is 1.